The lowest BCUT2D eigenvalue weighted by Gasteiger charge is -2.17. The molecule has 0 aliphatic carbocycles. The van der Waals surface area contributed by atoms with Gasteiger partial charge in [0.15, 0.2) is 0 Å². The Hall–Kier alpha value is -4.13. The maximum atomic E-state index is 13.5. The molecule has 4 rings (SSSR count). The highest BCUT2D eigenvalue weighted by Crippen LogP contribution is 2.36. The number of aromatic nitrogens is 3. The van der Waals surface area contributed by atoms with E-state index in [0.717, 1.165) is 16.7 Å². The van der Waals surface area contributed by atoms with Crippen LogP contribution in [0, 0.1) is 19.7 Å². The fraction of sp³-hybridized carbons (Fsp3) is 0.0833. The van der Waals surface area contributed by atoms with Crippen LogP contribution in [0.2, 0.25) is 0 Å². The van der Waals surface area contributed by atoms with E-state index in [1.54, 1.807) is 36.7 Å². The Morgan fingerprint density at radius 1 is 1.00 bits per heavy atom. The van der Waals surface area contributed by atoms with Crippen LogP contribution in [0.1, 0.15) is 21.5 Å². The van der Waals surface area contributed by atoms with E-state index in [-0.39, 0.29) is 5.56 Å². The van der Waals surface area contributed by atoms with Crippen LogP contribution >= 0.6 is 0 Å². The minimum Gasteiger partial charge on any atom is -0.438 e. The second-order valence-electron chi connectivity index (χ2n) is 6.90. The second-order valence-corrected chi connectivity index (χ2v) is 6.90. The Morgan fingerprint density at radius 2 is 1.87 bits per heavy atom. The molecule has 0 radical (unpaired) electrons. The summed E-state index contributed by atoms with van der Waals surface area (Å²) in [5.41, 5.74) is 3.80. The van der Waals surface area contributed by atoms with Crippen LogP contribution in [-0.2, 0) is 0 Å². The van der Waals surface area contributed by atoms with Gasteiger partial charge in [0.05, 0.1) is 11.3 Å². The topological polar surface area (TPSA) is 77.0 Å². The first-order valence-electron chi connectivity index (χ1n) is 9.59. The summed E-state index contributed by atoms with van der Waals surface area (Å²) < 4.78 is 19.7. The summed E-state index contributed by atoms with van der Waals surface area (Å²) in [6.45, 7) is 3.75. The number of benzene rings is 2. The van der Waals surface area contributed by atoms with E-state index >= 15 is 0 Å². The first-order chi connectivity index (χ1) is 15.0. The summed E-state index contributed by atoms with van der Waals surface area (Å²) in [5.74, 6) is 0.0914. The molecule has 0 saturated carbocycles. The minimum absolute atomic E-state index is 0.234. The molecule has 0 aliphatic heterocycles. The number of carbonyl (C=O) groups excluding carboxylic acids is 1. The van der Waals surface area contributed by atoms with Gasteiger partial charge in [-0.2, -0.15) is 0 Å². The van der Waals surface area contributed by atoms with Crippen molar-refractivity contribution in [1.29, 1.82) is 0 Å². The number of pyridine rings is 1. The van der Waals surface area contributed by atoms with Gasteiger partial charge < -0.3 is 10.1 Å². The van der Waals surface area contributed by atoms with E-state index < -0.39 is 11.7 Å². The normalized spacial score (nSPS) is 10.5. The van der Waals surface area contributed by atoms with Gasteiger partial charge in [0.25, 0.3) is 5.91 Å². The molecule has 7 heteroatoms. The fourth-order valence-electron chi connectivity index (χ4n) is 3.16. The molecule has 0 aliphatic rings. The smallest absolute Gasteiger partial charge is 0.255 e. The molecule has 0 saturated heterocycles. The van der Waals surface area contributed by atoms with Gasteiger partial charge in [0.2, 0.25) is 5.88 Å². The van der Waals surface area contributed by atoms with Crippen molar-refractivity contribution in [1.82, 2.24) is 15.0 Å². The number of rotatable bonds is 5. The number of hydrogen-bond acceptors (Lipinski definition) is 5. The molecule has 0 fully saturated rings. The lowest BCUT2D eigenvalue weighted by molar-refractivity contribution is 0.102. The highest BCUT2D eigenvalue weighted by molar-refractivity contribution is 6.04. The number of nitrogens with zero attached hydrogens (tertiary/aromatic N) is 3. The third-order valence-electron chi connectivity index (χ3n) is 4.77. The molecule has 0 atom stereocenters. The van der Waals surface area contributed by atoms with Crippen LogP contribution in [-0.4, -0.2) is 20.9 Å². The van der Waals surface area contributed by atoms with E-state index in [0.29, 0.717) is 23.0 Å². The largest absolute Gasteiger partial charge is 0.438 e. The van der Waals surface area contributed by atoms with Gasteiger partial charge in [-0.3, -0.25) is 4.79 Å². The molecular weight excluding hydrogens is 395 g/mol. The Morgan fingerprint density at radius 3 is 2.65 bits per heavy atom. The molecule has 6 nitrogen and oxygen atoms in total. The lowest BCUT2D eigenvalue weighted by atomic mass is 10.1. The number of aryl methyl sites for hydroxylation is 1. The monoisotopic (exact) mass is 414 g/mol. The Kier molecular flexibility index (Phi) is 5.66. The van der Waals surface area contributed by atoms with Crippen molar-refractivity contribution < 1.29 is 13.9 Å². The SMILES string of the molecule is Cc1ccc(NC(=O)c2cccc(F)c2)c(C)c1Oc1ncccc1-c1ccncn1. The van der Waals surface area contributed by atoms with Crippen molar-refractivity contribution in [3.05, 3.63) is 95.8 Å². The van der Waals surface area contributed by atoms with Crippen molar-refractivity contribution in [3.63, 3.8) is 0 Å². The van der Waals surface area contributed by atoms with Crippen LogP contribution in [0.3, 0.4) is 0 Å². The number of nitrogens with one attached hydrogen (secondary N) is 1. The molecule has 31 heavy (non-hydrogen) atoms. The summed E-state index contributed by atoms with van der Waals surface area (Å²) in [7, 11) is 0. The molecule has 0 spiro atoms. The fourth-order valence-corrected chi connectivity index (χ4v) is 3.16. The summed E-state index contributed by atoms with van der Waals surface area (Å²) in [5, 5.41) is 2.83. The highest BCUT2D eigenvalue weighted by atomic mass is 19.1. The summed E-state index contributed by atoms with van der Waals surface area (Å²) >= 11 is 0. The number of amides is 1. The van der Waals surface area contributed by atoms with Gasteiger partial charge in [-0.15, -0.1) is 0 Å². The average Bonchev–Trinajstić information content (AvgIpc) is 2.79. The zero-order valence-electron chi connectivity index (χ0n) is 17.0. The third-order valence-corrected chi connectivity index (χ3v) is 4.77. The molecule has 4 aromatic rings. The van der Waals surface area contributed by atoms with Crippen molar-refractivity contribution in [3.8, 4) is 22.9 Å². The van der Waals surface area contributed by atoms with E-state index in [1.165, 1.54) is 24.5 Å². The minimum atomic E-state index is -0.468. The van der Waals surface area contributed by atoms with E-state index in [4.69, 9.17) is 4.74 Å². The molecule has 2 heterocycles. The number of carbonyl (C=O) groups is 1. The molecule has 2 aromatic carbocycles. The van der Waals surface area contributed by atoms with Crippen molar-refractivity contribution in [2.75, 3.05) is 5.32 Å². The van der Waals surface area contributed by atoms with E-state index in [1.807, 2.05) is 26.0 Å². The highest BCUT2D eigenvalue weighted by Gasteiger charge is 2.16. The summed E-state index contributed by atoms with van der Waals surface area (Å²) in [4.78, 5) is 25.2. The maximum Gasteiger partial charge on any atom is 0.255 e. The van der Waals surface area contributed by atoms with Gasteiger partial charge in [-0.1, -0.05) is 12.1 Å². The predicted octanol–water partition coefficient (Wildman–Crippen LogP) is 5.34. The van der Waals surface area contributed by atoms with Gasteiger partial charge in [-0.05, 0) is 61.9 Å². The van der Waals surface area contributed by atoms with Crippen LogP contribution in [0.25, 0.3) is 11.3 Å². The molecule has 154 valence electrons. The maximum absolute atomic E-state index is 13.5. The van der Waals surface area contributed by atoms with E-state index in [9.17, 15) is 9.18 Å². The van der Waals surface area contributed by atoms with Crippen molar-refractivity contribution >= 4 is 11.6 Å². The number of ether oxygens (including phenoxy) is 1. The third kappa shape index (κ3) is 4.40. The first kappa shape index (κ1) is 20.2. The molecule has 0 bridgehead atoms. The molecule has 2 aromatic heterocycles. The van der Waals surface area contributed by atoms with Gasteiger partial charge >= 0.3 is 0 Å². The van der Waals surface area contributed by atoms with Gasteiger partial charge in [-0.25, -0.2) is 19.3 Å². The van der Waals surface area contributed by atoms with Crippen LogP contribution in [0.4, 0.5) is 10.1 Å². The number of anilines is 1. The predicted molar refractivity (Wildman–Crippen MR) is 116 cm³/mol. The molecule has 0 unspecified atom stereocenters. The Balaban J connectivity index is 1.66. The molecule has 1 amide bonds. The van der Waals surface area contributed by atoms with Crippen molar-refractivity contribution in [2.45, 2.75) is 13.8 Å². The first-order valence-corrected chi connectivity index (χ1v) is 9.59. The van der Waals surface area contributed by atoms with E-state index in [2.05, 4.69) is 20.3 Å². The Labute approximate surface area is 178 Å². The lowest BCUT2D eigenvalue weighted by Crippen LogP contribution is -2.13. The summed E-state index contributed by atoms with van der Waals surface area (Å²) in [6, 6.07) is 14.6. The van der Waals surface area contributed by atoms with Crippen LogP contribution < -0.4 is 10.1 Å². The molecule has 1 N–H and O–H groups in total. The number of hydrogen-bond donors (Lipinski definition) is 1. The zero-order valence-corrected chi connectivity index (χ0v) is 17.0. The zero-order chi connectivity index (χ0) is 21.8. The Bertz CT molecular complexity index is 1250. The van der Waals surface area contributed by atoms with Gasteiger partial charge in [0.1, 0.15) is 17.9 Å². The average molecular weight is 414 g/mol. The van der Waals surface area contributed by atoms with Crippen LogP contribution in [0.5, 0.6) is 11.6 Å². The van der Waals surface area contributed by atoms with Crippen LogP contribution in [0.15, 0.2) is 73.3 Å². The second kappa shape index (κ2) is 8.71. The van der Waals surface area contributed by atoms with Gasteiger partial charge in [0, 0.05) is 29.2 Å². The molecular formula is C24H19FN4O2. The standard InChI is InChI=1S/C24H19FN4O2/c1-15-8-9-20(29-23(30)17-5-3-6-18(25)13-17)16(2)22(15)31-24-19(7-4-11-27-24)21-10-12-26-14-28-21/h3-14H,1-2H3,(H,29,30). The van der Waals surface area contributed by atoms with Crippen molar-refractivity contribution in [2.24, 2.45) is 0 Å². The quantitative estimate of drug-likeness (QED) is 0.477. The summed E-state index contributed by atoms with van der Waals surface area (Å²) in [6.07, 6.45) is 4.75. The number of halogens is 1.